The number of likely N-dealkylation sites (tertiary alicyclic amines) is 1. The molecule has 46 heavy (non-hydrogen) atoms. The Kier molecular flexibility index (Phi) is 8.17. The number of ether oxygens (including phenoxy) is 6. The number of benzene rings is 1. The normalized spacial score (nSPS) is 46.8. The maximum atomic E-state index is 14.1. The number of hydrogen-bond acceptors (Lipinski definition) is 10. The fourth-order valence-electron chi connectivity index (χ4n) is 12.3. The highest BCUT2D eigenvalue weighted by Crippen LogP contribution is 2.80. The zero-order chi connectivity index (χ0) is 32.6. The van der Waals surface area contributed by atoms with Crippen molar-refractivity contribution >= 4 is 18.0 Å². The number of aliphatic hydroxyl groups is 1. The van der Waals surface area contributed by atoms with Crippen LogP contribution >= 0.6 is 0 Å². The molecule has 14 atom stereocenters. The molecular weight excluding hydrogens is 590 g/mol. The molecule has 7 rings (SSSR count). The number of fused-ring (bicyclic) bond motifs is 2. The van der Waals surface area contributed by atoms with Crippen molar-refractivity contribution < 1.29 is 43.1 Å². The van der Waals surface area contributed by atoms with Crippen molar-refractivity contribution in [1.29, 1.82) is 0 Å². The molecule has 6 fully saturated rings. The number of methoxy groups -OCH3 is 4. The summed E-state index contributed by atoms with van der Waals surface area (Å²) >= 11 is 0. The average Bonchev–Trinajstić information content (AvgIpc) is 3.46. The molecular formula is C36H49NO9. The van der Waals surface area contributed by atoms with Crippen LogP contribution in [0.25, 0.3) is 6.08 Å². The molecule has 10 heteroatoms. The molecule has 1 aromatic carbocycles. The van der Waals surface area contributed by atoms with E-state index in [-0.39, 0.29) is 59.9 Å². The van der Waals surface area contributed by atoms with E-state index < -0.39 is 34.6 Å². The summed E-state index contributed by atoms with van der Waals surface area (Å²) in [6.07, 6.45) is 2.81. The summed E-state index contributed by atoms with van der Waals surface area (Å²) in [5.74, 6) is -1.66. The lowest BCUT2D eigenvalue weighted by Crippen LogP contribution is -2.79. The van der Waals surface area contributed by atoms with Gasteiger partial charge in [-0.1, -0.05) is 37.3 Å². The number of hydrogen-bond donors (Lipinski definition) is 1. The number of aliphatic hydroxyl groups excluding tert-OH is 1. The molecule has 1 aliphatic heterocycles. The van der Waals surface area contributed by atoms with Gasteiger partial charge in [0, 0.05) is 101 Å². The zero-order valence-corrected chi connectivity index (χ0v) is 27.8. The van der Waals surface area contributed by atoms with Crippen molar-refractivity contribution in [3.05, 3.63) is 42.0 Å². The smallest absolute Gasteiger partial charge is 0.331 e. The van der Waals surface area contributed by atoms with Gasteiger partial charge < -0.3 is 33.5 Å². The predicted molar refractivity (Wildman–Crippen MR) is 167 cm³/mol. The molecule has 1 spiro atoms. The Morgan fingerprint density at radius 1 is 1.02 bits per heavy atom. The van der Waals surface area contributed by atoms with Crippen molar-refractivity contribution in [3.63, 3.8) is 0 Å². The number of esters is 2. The molecule has 7 bridgehead atoms. The van der Waals surface area contributed by atoms with Gasteiger partial charge in [0.15, 0.2) is 0 Å². The molecule has 0 aromatic heterocycles. The van der Waals surface area contributed by atoms with Crippen LogP contribution in [-0.2, 0) is 38.0 Å². The molecule has 1 aromatic rings. The molecule has 252 valence electrons. The van der Waals surface area contributed by atoms with Crippen molar-refractivity contribution in [2.24, 2.45) is 40.4 Å². The summed E-state index contributed by atoms with van der Waals surface area (Å²) in [5, 5.41) is 12.1. The first-order chi connectivity index (χ1) is 22.2. The van der Waals surface area contributed by atoms with Crippen LogP contribution < -0.4 is 0 Å². The molecule has 5 saturated carbocycles. The second kappa shape index (κ2) is 11.7. The van der Waals surface area contributed by atoms with Gasteiger partial charge in [0.1, 0.15) is 11.7 Å². The molecule has 1 heterocycles. The van der Waals surface area contributed by atoms with Crippen LogP contribution in [0.5, 0.6) is 0 Å². The second-order valence-corrected chi connectivity index (χ2v) is 14.6. The van der Waals surface area contributed by atoms with E-state index in [0.29, 0.717) is 26.0 Å². The van der Waals surface area contributed by atoms with Crippen LogP contribution in [0.2, 0.25) is 0 Å². The Hall–Kier alpha value is -2.34. The lowest BCUT2D eigenvalue weighted by molar-refractivity contribution is -0.297. The van der Waals surface area contributed by atoms with Crippen molar-refractivity contribution in [2.45, 2.75) is 75.3 Å². The molecule has 6 aliphatic rings. The third kappa shape index (κ3) is 4.10. The van der Waals surface area contributed by atoms with Crippen molar-refractivity contribution in [3.8, 4) is 0 Å². The van der Waals surface area contributed by atoms with Gasteiger partial charge in [-0.3, -0.25) is 9.69 Å². The van der Waals surface area contributed by atoms with Crippen LogP contribution in [0.4, 0.5) is 0 Å². The largest absolute Gasteiger partial charge is 0.462 e. The first-order valence-electron chi connectivity index (χ1n) is 16.8. The lowest BCUT2D eigenvalue weighted by atomic mass is 9.42. The minimum Gasteiger partial charge on any atom is -0.462 e. The third-order valence-corrected chi connectivity index (χ3v) is 13.2. The molecule has 1 saturated heterocycles. The predicted octanol–water partition coefficient (Wildman–Crippen LogP) is 2.96. The van der Waals surface area contributed by atoms with Crippen molar-refractivity contribution in [2.75, 3.05) is 48.1 Å². The fourth-order valence-corrected chi connectivity index (χ4v) is 12.3. The quantitative estimate of drug-likeness (QED) is 0.303. The third-order valence-electron chi connectivity index (χ3n) is 13.2. The van der Waals surface area contributed by atoms with Crippen LogP contribution in [0.3, 0.4) is 0 Å². The SMILES string of the molecule is CCN1C[C@@]2(COC)[C@H](O)C[C@@H](OC)[C@@]34[C@@H]1[C@@H]([C@H](OC)[C@@H]23)[C@]1(OC(=O)/C=C/c2ccccc2)C[C@@H](OC)[C@@H]2C[C@H]4[C@H]1[C@@H]2OC(C)=O. The van der Waals surface area contributed by atoms with Gasteiger partial charge in [-0.15, -0.1) is 0 Å². The van der Waals surface area contributed by atoms with Crippen LogP contribution in [0.1, 0.15) is 38.7 Å². The summed E-state index contributed by atoms with van der Waals surface area (Å²) in [5.41, 5.74) is -1.27. The number of nitrogens with zero attached hydrogens (tertiary/aromatic N) is 1. The number of carbonyl (C=O) groups excluding carboxylic acids is 2. The summed E-state index contributed by atoms with van der Waals surface area (Å²) in [6.45, 7) is 5.35. The van der Waals surface area contributed by atoms with Gasteiger partial charge >= 0.3 is 11.9 Å². The van der Waals surface area contributed by atoms with E-state index in [9.17, 15) is 14.7 Å². The van der Waals surface area contributed by atoms with Gasteiger partial charge in [0.05, 0.1) is 31.0 Å². The Balaban J connectivity index is 1.46. The lowest BCUT2D eigenvalue weighted by Gasteiger charge is -2.70. The van der Waals surface area contributed by atoms with Crippen LogP contribution in [-0.4, -0.2) is 112 Å². The molecule has 0 radical (unpaired) electrons. The molecule has 5 aliphatic carbocycles. The second-order valence-electron chi connectivity index (χ2n) is 14.6. The number of rotatable bonds is 10. The van der Waals surface area contributed by atoms with Crippen LogP contribution in [0, 0.1) is 40.4 Å². The van der Waals surface area contributed by atoms with E-state index in [0.717, 1.165) is 18.5 Å². The van der Waals surface area contributed by atoms with E-state index in [1.165, 1.54) is 13.0 Å². The highest BCUT2D eigenvalue weighted by molar-refractivity contribution is 5.87. The molecule has 1 N–H and O–H groups in total. The van der Waals surface area contributed by atoms with Gasteiger partial charge in [-0.25, -0.2) is 4.79 Å². The van der Waals surface area contributed by atoms with Gasteiger partial charge in [0.2, 0.25) is 0 Å². The Bertz CT molecular complexity index is 1360. The summed E-state index contributed by atoms with van der Waals surface area (Å²) in [4.78, 5) is 29.3. The summed E-state index contributed by atoms with van der Waals surface area (Å²) in [6, 6.07) is 9.61. The first kappa shape index (κ1) is 32.2. The Morgan fingerprint density at radius 3 is 2.41 bits per heavy atom. The van der Waals surface area contributed by atoms with Gasteiger partial charge in [-0.05, 0) is 30.5 Å². The maximum Gasteiger partial charge on any atom is 0.331 e. The van der Waals surface area contributed by atoms with Gasteiger partial charge in [-0.2, -0.15) is 0 Å². The maximum absolute atomic E-state index is 14.1. The summed E-state index contributed by atoms with van der Waals surface area (Å²) < 4.78 is 38.4. The standard InChI is InChI=1S/C36H49NO9/c1-7-37-18-34(19-41-3)25(39)16-26(43-5)36-23-15-22-24(42-4)17-35(28(23)30(22)45-20(2)38,29(33(36)37)31(44-6)32(34)36)46-27(40)14-13-21-11-9-8-10-12-21/h8-14,22-26,28-33,39H,7,15-19H2,1-6H3/b14-13+/t22-,23-,24+,25+,26+,28-,29+,30+,31-,32-,33-,34+,35-,36+/m0/s1. The topological polar surface area (TPSA) is 113 Å². The Labute approximate surface area is 271 Å². The minimum absolute atomic E-state index is 0.0534. The fraction of sp³-hybridized carbons (Fsp3) is 0.722. The number of carbonyl (C=O) groups is 2. The minimum atomic E-state index is -1.07. The molecule has 0 amide bonds. The van der Waals surface area contributed by atoms with E-state index in [1.54, 1.807) is 34.5 Å². The Morgan fingerprint density at radius 2 is 1.78 bits per heavy atom. The number of piperidine rings is 1. The van der Waals surface area contributed by atoms with E-state index in [1.807, 2.05) is 30.3 Å². The first-order valence-corrected chi connectivity index (χ1v) is 16.8. The van der Waals surface area contributed by atoms with Crippen molar-refractivity contribution in [1.82, 2.24) is 4.90 Å². The van der Waals surface area contributed by atoms with E-state index in [2.05, 4.69) is 11.8 Å². The van der Waals surface area contributed by atoms with Crippen LogP contribution in [0.15, 0.2) is 36.4 Å². The van der Waals surface area contributed by atoms with E-state index in [4.69, 9.17) is 28.4 Å². The summed E-state index contributed by atoms with van der Waals surface area (Å²) in [7, 11) is 6.88. The van der Waals surface area contributed by atoms with E-state index >= 15 is 0 Å². The monoisotopic (exact) mass is 639 g/mol. The van der Waals surface area contributed by atoms with Gasteiger partial charge in [0.25, 0.3) is 0 Å². The highest BCUT2D eigenvalue weighted by atomic mass is 16.6. The molecule has 10 nitrogen and oxygen atoms in total. The average molecular weight is 640 g/mol. The zero-order valence-electron chi connectivity index (χ0n) is 27.8. The highest BCUT2D eigenvalue weighted by Gasteiger charge is 2.89. The molecule has 0 unspecified atom stereocenters.